The quantitative estimate of drug-likeness (QED) is 0.711. The Bertz CT molecular complexity index is 921. The molecule has 1 aromatic carbocycles. The molecule has 0 saturated carbocycles. The lowest BCUT2D eigenvalue weighted by Crippen LogP contribution is -2.38. The van der Waals surface area contributed by atoms with E-state index in [1.807, 2.05) is 11.8 Å². The zero-order chi connectivity index (χ0) is 18.2. The van der Waals surface area contributed by atoms with Crippen molar-refractivity contribution in [3.8, 4) is 0 Å². The van der Waals surface area contributed by atoms with Gasteiger partial charge in [0.05, 0.1) is 29.2 Å². The second-order valence-electron chi connectivity index (χ2n) is 6.36. The molecule has 5 nitrogen and oxygen atoms in total. The maximum Gasteiger partial charge on any atom is 0.321 e. The molecule has 1 saturated heterocycles. The summed E-state index contributed by atoms with van der Waals surface area (Å²) in [6.45, 7) is 0.298. The van der Waals surface area contributed by atoms with E-state index in [4.69, 9.17) is 12.2 Å². The molecule has 1 unspecified atom stereocenters. The average molecular weight is 389 g/mol. The van der Waals surface area contributed by atoms with Gasteiger partial charge in [-0.15, -0.1) is 0 Å². The maximum atomic E-state index is 13.4. The Labute approximate surface area is 150 Å². The van der Waals surface area contributed by atoms with Crippen molar-refractivity contribution in [2.75, 3.05) is 18.1 Å². The van der Waals surface area contributed by atoms with Crippen molar-refractivity contribution in [3.05, 3.63) is 29.0 Å². The number of fused-ring (bicyclic) bond motifs is 1. The van der Waals surface area contributed by atoms with E-state index in [-0.39, 0.29) is 22.3 Å². The summed E-state index contributed by atoms with van der Waals surface area (Å²) >= 11 is 5.29. The highest BCUT2D eigenvalue weighted by Gasteiger charge is 2.32. The maximum absolute atomic E-state index is 13.4. The van der Waals surface area contributed by atoms with Crippen LogP contribution in [0.4, 0.5) is 8.78 Å². The first-order chi connectivity index (χ1) is 11.8. The van der Waals surface area contributed by atoms with Gasteiger partial charge >= 0.3 is 6.55 Å². The average Bonchev–Trinajstić information content (AvgIpc) is 3.04. The Morgan fingerprint density at radius 3 is 2.56 bits per heavy atom. The highest BCUT2D eigenvalue weighted by Crippen LogP contribution is 2.26. The van der Waals surface area contributed by atoms with Crippen LogP contribution in [-0.4, -0.2) is 46.5 Å². The molecule has 2 aromatic rings. The molecule has 1 aliphatic rings. The highest BCUT2D eigenvalue weighted by atomic mass is 32.2. The van der Waals surface area contributed by atoms with Crippen LogP contribution in [-0.2, 0) is 16.5 Å². The zero-order valence-corrected chi connectivity index (χ0v) is 15.6. The number of halogens is 2. The number of imidazole rings is 1. The molecular weight excluding hydrogens is 368 g/mol. The third-order valence-corrected chi connectivity index (χ3v) is 6.79. The molecule has 0 bridgehead atoms. The number of sulfone groups is 1. The van der Waals surface area contributed by atoms with Gasteiger partial charge in [0.1, 0.15) is 0 Å². The lowest BCUT2D eigenvalue weighted by Gasteiger charge is -2.28. The van der Waals surface area contributed by atoms with Gasteiger partial charge in [0, 0.05) is 6.04 Å². The Balaban J connectivity index is 2.01. The summed E-state index contributed by atoms with van der Waals surface area (Å²) in [6.07, 6.45) is 1.42. The minimum Gasteiger partial charge on any atom is -0.303 e. The molecule has 25 heavy (non-hydrogen) atoms. The van der Waals surface area contributed by atoms with E-state index in [1.165, 1.54) is 0 Å². The Hall–Kier alpha value is -1.32. The molecule has 1 aliphatic heterocycles. The van der Waals surface area contributed by atoms with Gasteiger partial charge in [0.2, 0.25) is 0 Å². The first-order valence-corrected chi connectivity index (χ1v) is 10.5. The number of aromatic nitrogens is 2. The second-order valence-corrected chi connectivity index (χ2v) is 8.95. The summed E-state index contributed by atoms with van der Waals surface area (Å²) in [6, 6.07) is 6.78. The SMILES string of the molecule is CCCN(Cn1c(=S)n(C(F)F)c2ccccc21)C1CCS(=O)(=O)C1. The number of rotatable bonds is 6. The van der Waals surface area contributed by atoms with E-state index in [2.05, 4.69) is 0 Å². The van der Waals surface area contributed by atoms with Crippen molar-refractivity contribution in [1.82, 2.24) is 14.0 Å². The fourth-order valence-corrected chi connectivity index (χ4v) is 5.55. The van der Waals surface area contributed by atoms with Gasteiger partial charge in [0.15, 0.2) is 14.6 Å². The lowest BCUT2D eigenvalue weighted by atomic mass is 10.2. The molecule has 0 radical (unpaired) electrons. The van der Waals surface area contributed by atoms with Gasteiger partial charge in [-0.25, -0.2) is 8.42 Å². The predicted octanol–water partition coefficient (Wildman–Crippen LogP) is 3.42. The standard InChI is InChI=1S/C16H21F2N3O2S2/c1-2-8-19(12-7-9-25(22,23)10-12)11-20-13-5-3-4-6-14(13)21(15(17)18)16(20)24/h3-6,12,15H,2,7-11H2,1H3. The van der Waals surface area contributed by atoms with Crippen molar-refractivity contribution < 1.29 is 17.2 Å². The van der Waals surface area contributed by atoms with Crippen molar-refractivity contribution in [2.24, 2.45) is 0 Å². The van der Waals surface area contributed by atoms with Crippen LogP contribution in [0.2, 0.25) is 0 Å². The number of nitrogens with zero attached hydrogens (tertiary/aromatic N) is 3. The molecule has 3 rings (SSSR count). The third-order valence-electron chi connectivity index (χ3n) is 4.62. The fraction of sp³-hybridized carbons (Fsp3) is 0.562. The van der Waals surface area contributed by atoms with Crippen molar-refractivity contribution in [2.45, 2.75) is 39.0 Å². The number of hydrogen-bond donors (Lipinski definition) is 0. The minimum atomic E-state index is -3.01. The second kappa shape index (κ2) is 7.13. The van der Waals surface area contributed by atoms with Crippen LogP contribution in [0.5, 0.6) is 0 Å². The minimum absolute atomic E-state index is 0.0538. The molecule has 1 atom stereocenters. The Morgan fingerprint density at radius 2 is 2.00 bits per heavy atom. The third kappa shape index (κ3) is 3.63. The monoisotopic (exact) mass is 389 g/mol. The van der Waals surface area contributed by atoms with E-state index in [9.17, 15) is 17.2 Å². The fourth-order valence-electron chi connectivity index (χ4n) is 3.46. The number of benzene rings is 1. The van der Waals surface area contributed by atoms with Crippen molar-refractivity contribution in [3.63, 3.8) is 0 Å². The van der Waals surface area contributed by atoms with Crippen LogP contribution in [0, 0.1) is 4.77 Å². The van der Waals surface area contributed by atoms with E-state index >= 15 is 0 Å². The van der Waals surface area contributed by atoms with Gasteiger partial charge in [-0.2, -0.15) is 8.78 Å². The number of hydrogen-bond acceptors (Lipinski definition) is 4. The summed E-state index contributed by atoms with van der Waals surface area (Å²) in [5.74, 6) is 0.301. The molecule has 138 valence electrons. The van der Waals surface area contributed by atoms with Gasteiger partial charge in [-0.1, -0.05) is 19.1 Å². The molecular formula is C16H21F2N3O2S2. The van der Waals surface area contributed by atoms with Crippen LogP contribution in [0.1, 0.15) is 26.3 Å². The van der Waals surface area contributed by atoms with Gasteiger partial charge in [-0.3, -0.25) is 9.47 Å². The molecule has 0 amide bonds. The lowest BCUT2D eigenvalue weighted by molar-refractivity contribution is 0.0711. The van der Waals surface area contributed by atoms with E-state index in [0.717, 1.165) is 11.0 Å². The van der Waals surface area contributed by atoms with Gasteiger partial charge < -0.3 is 4.57 Å². The topological polar surface area (TPSA) is 47.2 Å². The van der Waals surface area contributed by atoms with Crippen molar-refractivity contribution >= 4 is 33.1 Å². The van der Waals surface area contributed by atoms with E-state index in [0.29, 0.717) is 30.7 Å². The van der Waals surface area contributed by atoms with Crippen LogP contribution in [0.3, 0.4) is 0 Å². The molecule has 1 fully saturated rings. The molecule has 0 aliphatic carbocycles. The van der Waals surface area contributed by atoms with Gasteiger partial charge in [-0.05, 0) is 43.7 Å². The number of para-hydroxylation sites is 2. The zero-order valence-electron chi connectivity index (χ0n) is 13.9. The summed E-state index contributed by atoms with van der Waals surface area (Å²) in [4.78, 5) is 2.04. The van der Waals surface area contributed by atoms with Crippen LogP contribution >= 0.6 is 12.2 Å². The first-order valence-electron chi connectivity index (χ1n) is 8.26. The van der Waals surface area contributed by atoms with Crippen LogP contribution in [0.25, 0.3) is 11.0 Å². The molecule has 0 spiro atoms. The molecule has 1 aromatic heterocycles. The van der Waals surface area contributed by atoms with Gasteiger partial charge in [0.25, 0.3) is 0 Å². The van der Waals surface area contributed by atoms with Crippen molar-refractivity contribution in [1.29, 1.82) is 0 Å². The Morgan fingerprint density at radius 1 is 1.32 bits per heavy atom. The summed E-state index contributed by atoms with van der Waals surface area (Å²) in [5.41, 5.74) is 1.02. The largest absolute Gasteiger partial charge is 0.321 e. The normalized spacial score (nSPS) is 20.1. The van der Waals surface area contributed by atoms with Crippen LogP contribution < -0.4 is 0 Å². The summed E-state index contributed by atoms with van der Waals surface area (Å²) < 4.78 is 53.1. The van der Waals surface area contributed by atoms with E-state index in [1.54, 1.807) is 28.8 Å². The first kappa shape index (κ1) is 18.5. The smallest absolute Gasteiger partial charge is 0.303 e. The molecule has 2 heterocycles. The molecule has 9 heteroatoms. The van der Waals surface area contributed by atoms with E-state index < -0.39 is 16.4 Å². The highest BCUT2D eigenvalue weighted by molar-refractivity contribution is 7.91. The summed E-state index contributed by atoms with van der Waals surface area (Å²) in [5, 5.41) is 0. The number of alkyl halides is 2. The molecule has 0 N–H and O–H groups in total. The predicted molar refractivity (Wildman–Crippen MR) is 96.1 cm³/mol. The Kier molecular flexibility index (Phi) is 5.26. The van der Waals surface area contributed by atoms with Crippen LogP contribution in [0.15, 0.2) is 24.3 Å². The summed E-state index contributed by atoms with van der Waals surface area (Å²) in [7, 11) is -3.01.